The summed E-state index contributed by atoms with van der Waals surface area (Å²) in [5.41, 5.74) is 0.943. The van der Waals surface area contributed by atoms with Crippen LogP contribution in [0.15, 0.2) is 24.3 Å². The number of benzene rings is 1. The fourth-order valence-electron chi connectivity index (χ4n) is 1.93. The minimum absolute atomic E-state index is 0.174. The summed E-state index contributed by atoms with van der Waals surface area (Å²) in [6, 6.07) is 7.74. The molecule has 1 amide bonds. The van der Waals surface area contributed by atoms with Gasteiger partial charge in [0.2, 0.25) is 5.91 Å². The zero-order valence-corrected chi connectivity index (χ0v) is 12.3. The van der Waals surface area contributed by atoms with Crippen molar-refractivity contribution in [2.45, 2.75) is 37.6 Å². The highest BCUT2D eigenvalue weighted by Crippen LogP contribution is 2.27. The molecule has 1 aliphatic heterocycles. The Bertz CT molecular complexity index is 418. The molecule has 0 aromatic heterocycles. The Kier molecular flexibility index (Phi) is 4.27. The molecule has 1 aromatic carbocycles. The highest BCUT2D eigenvalue weighted by molar-refractivity contribution is 9.09. The fourth-order valence-corrected chi connectivity index (χ4v) is 2.50. The highest BCUT2D eigenvalue weighted by Gasteiger charge is 2.28. The number of amides is 1. The summed E-state index contributed by atoms with van der Waals surface area (Å²) in [7, 11) is 0. The standard InChI is InChI=1S/C14H18BrNO2/c1-3-10(2)18-13-6-4-12(5-7-13)16-9-11(15)8-14(16)17/h4-7,10-11H,3,8-9H2,1-2H3. The van der Waals surface area contributed by atoms with Crippen molar-refractivity contribution in [2.75, 3.05) is 11.4 Å². The van der Waals surface area contributed by atoms with Crippen molar-refractivity contribution >= 4 is 27.5 Å². The van der Waals surface area contributed by atoms with E-state index >= 15 is 0 Å². The number of nitrogens with zero attached hydrogens (tertiary/aromatic N) is 1. The largest absolute Gasteiger partial charge is 0.491 e. The quantitative estimate of drug-likeness (QED) is 0.798. The van der Waals surface area contributed by atoms with Crippen LogP contribution < -0.4 is 9.64 Å². The number of rotatable bonds is 4. The Labute approximate surface area is 116 Å². The minimum Gasteiger partial charge on any atom is -0.491 e. The molecule has 0 saturated carbocycles. The number of carbonyl (C=O) groups is 1. The van der Waals surface area contributed by atoms with E-state index in [0.29, 0.717) is 6.42 Å². The van der Waals surface area contributed by atoms with Crippen LogP contribution >= 0.6 is 15.9 Å². The molecule has 0 radical (unpaired) electrons. The fraction of sp³-hybridized carbons (Fsp3) is 0.500. The molecule has 0 bridgehead atoms. The molecule has 0 aliphatic carbocycles. The molecule has 1 fully saturated rings. The molecular weight excluding hydrogens is 294 g/mol. The van der Waals surface area contributed by atoms with E-state index in [4.69, 9.17) is 4.74 Å². The van der Waals surface area contributed by atoms with Crippen molar-refractivity contribution < 1.29 is 9.53 Å². The lowest BCUT2D eigenvalue weighted by Crippen LogP contribution is -2.24. The third-order valence-electron chi connectivity index (χ3n) is 3.14. The van der Waals surface area contributed by atoms with Gasteiger partial charge in [0.1, 0.15) is 5.75 Å². The van der Waals surface area contributed by atoms with Crippen LogP contribution in [0.25, 0.3) is 0 Å². The number of hydrogen-bond acceptors (Lipinski definition) is 2. The SMILES string of the molecule is CCC(C)Oc1ccc(N2CC(Br)CC2=O)cc1. The normalized spacial score (nSPS) is 21.2. The van der Waals surface area contributed by atoms with Gasteiger partial charge in [-0.15, -0.1) is 0 Å². The second-order valence-electron chi connectivity index (χ2n) is 4.64. The van der Waals surface area contributed by atoms with Crippen LogP contribution in [0.2, 0.25) is 0 Å². The molecule has 18 heavy (non-hydrogen) atoms. The lowest BCUT2D eigenvalue weighted by atomic mass is 10.2. The lowest BCUT2D eigenvalue weighted by molar-refractivity contribution is -0.117. The van der Waals surface area contributed by atoms with Gasteiger partial charge in [-0.2, -0.15) is 0 Å². The van der Waals surface area contributed by atoms with Crippen molar-refractivity contribution in [1.82, 2.24) is 0 Å². The van der Waals surface area contributed by atoms with Gasteiger partial charge in [-0.3, -0.25) is 4.79 Å². The Morgan fingerprint density at radius 2 is 2.11 bits per heavy atom. The summed E-state index contributed by atoms with van der Waals surface area (Å²) in [5.74, 6) is 1.03. The molecule has 98 valence electrons. The van der Waals surface area contributed by atoms with Gasteiger partial charge in [0, 0.05) is 23.5 Å². The third-order valence-corrected chi connectivity index (χ3v) is 3.75. The first-order valence-electron chi connectivity index (χ1n) is 6.31. The second kappa shape index (κ2) is 5.74. The second-order valence-corrected chi connectivity index (χ2v) is 5.93. The van der Waals surface area contributed by atoms with Crippen molar-refractivity contribution in [3.63, 3.8) is 0 Å². The molecule has 2 rings (SSSR count). The number of halogens is 1. The van der Waals surface area contributed by atoms with E-state index in [1.165, 1.54) is 0 Å². The summed E-state index contributed by atoms with van der Waals surface area (Å²) < 4.78 is 5.72. The predicted molar refractivity (Wildman–Crippen MR) is 76.5 cm³/mol. The zero-order chi connectivity index (χ0) is 13.1. The van der Waals surface area contributed by atoms with Gasteiger partial charge >= 0.3 is 0 Å². The first-order valence-corrected chi connectivity index (χ1v) is 7.23. The number of hydrogen-bond donors (Lipinski definition) is 0. The van der Waals surface area contributed by atoms with Gasteiger partial charge in [-0.25, -0.2) is 0 Å². The predicted octanol–water partition coefficient (Wildman–Crippen LogP) is 3.36. The van der Waals surface area contributed by atoms with Crippen LogP contribution in [0.4, 0.5) is 5.69 Å². The molecule has 2 atom stereocenters. The summed E-state index contributed by atoms with van der Waals surface area (Å²) in [6.45, 7) is 4.88. The molecule has 1 aromatic rings. The van der Waals surface area contributed by atoms with Crippen molar-refractivity contribution in [1.29, 1.82) is 0 Å². The lowest BCUT2D eigenvalue weighted by Gasteiger charge is -2.17. The number of anilines is 1. The molecule has 0 N–H and O–H groups in total. The van der Waals surface area contributed by atoms with Gasteiger partial charge in [-0.05, 0) is 37.6 Å². The summed E-state index contributed by atoms with van der Waals surface area (Å²) >= 11 is 3.49. The summed E-state index contributed by atoms with van der Waals surface area (Å²) in [4.78, 5) is 13.8. The average molecular weight is 312 g/mol. The molecule has 1 aliphatic rings. The first-order chi connectivity index (χ1) is 8.60. The number of carbonyl (C=O) groups excluding carboxylic acids is 1. The van der Waals surface area contributed by atoms with E-state index in [2.05, 4.69) is 22.9 Å². The topological polar surface area (TPSA) is 29.5 Å². The molecular formula is C14H18BrNO2. The van der Waals surface area contributed by atoms with E-state index in [1.54, 1.807) is 0 Å². The molecule has 1 heterocycles. The van der Waals surface area contributed by atoms with Gasteiger partial charge < -0.3 is 9.64 Å². The van der Waals surface area contributed by atoms with Gasteiger partial charge in [0.25, 0.3) is 0 Å². The summed E-state index contributed by atoms with van der Waals surface area (Å²) in [5, 5.41) is 0. The van der Waals surface area contributed by atoms with Crippen LogP contribution in [0, 0.1) is 0 Å². The first kappa shape index (κ1) is 13.4. The van der Waals surface area contributed by atoms with E-state index in [-0.39, 0.29) is 16.8 Å². The van der Waals surface area contributed by atoms with Crippen molar-refractivity contribution in [3.05, 3.63) is 24.3 Å². The number of ether oxygens (including phenoxy) is 1. The van der Waals surface area contributed by atoms with Crippen LogP contribution in [-0.2, 0) is 4.79 Å². The zero-order valence-electron chi connectivity index (χ0n) is 10.7. The summed E-state index contributed by atoms with van der Waals surface area (Å²) in [6.07, 6.45) is 1.78. The Morgan fingerprint density at radius 3 is 2.61 bits per heavy atom. The Morgan fingerprint density at radius 1 is 1.44 bits per heavy atom. The molecule has 2 unspecified atom stereocenters. The maximum absolute atomic E-state index is 11.8. The molecule has 1 saturated heterocycles. The van der Waals surface area contributed by atoms with Crippen LogP contribution in [0.3, 0.4) is 0 Å². The van der Waals surface area contributed by atoms with E-state index in [0.717, 1.165) is 24.4 Å². The van der Waals surface area contributed by atoms with E-state index in [9.17, 15) is 4.79 Å². The van der Waals surface area contributed by atoms with Gasteiger partial charge in [0.15, 0.2) is 0 Å². The van der Waals surface area contributed by atoms with Crippen molar-refractivity contribution in [2.24, 2.45) is 0 Å². The maximum Gasteiger partial charge on any atom is 0.228 e. The Balaban J connectivity index is 2.06. The van der Waals surface area contributed by atoms with E-state index < -0.39 is 0 Å². The Hall–Kier alpha value is -1.03. The highest BCUT2D eigenvalue weighted by atomic mass is 79.9. The van der Waals surface area contributed by atoms with Crippen LogP contribution in [0.5, 0.6) is 5.75 Å². The monoisotopic (exact) mass is 311 g/mol. The van der Waals surface area contributed by atoms with Crippen molar-refractivity contribution in [3.8, 4) is 5.75 Å². The number of alkyl halides is 1. The molecule has 0 spiro atoms. The maximum atomic E-state index is 11.8. The smallest absolute Gasteiger partial charge is 0.228 e. The van der Waals surface area contributed by atoms with E-state index in [1.807, 2.05) is 36.1 Å². The van der Waals surface area contributed by atoms with Crippen LogP contribution in [-0.4, -0.2) is 23.4 Å². The van der Waals surface area contributed by atoms with Crippen LogP contribution in [0.1, 0.15) is 26.7 Å². The van der Waals surface area contributed by atoms with Gasteiger partial charge in [0.05, 0.1) is 6.10 Å². The van der Waals surface area contributed by atoms with Gasteiger partial charge in [-0.1, -0.05) is 22.9 Å². The molecule has 4 heteroatoms. The average Bonchev–Trinajstić information content (AvgIpc) is 2.69. The third kappa shape index (κ3) is 3.05. The molecule has 3 nitrogen and oxygen atoms in total. The minimum atomic E-state index is 0.174.